The van der Waals surface area contributed by atoms with Crippen LogP contribution in [-0.4, -0.2) is 17.5 Å². The van der Waals surface area contributed by atoms with Gasteiger partial charge in [0.25, 0.3) is 0 Å². The molecule has 0 aliphatic carbocycles. The van der Waals surface area contributed by atoms with Crippen molar-refractivity contribution in [1.29, 1.82) is 0 Å². The average molecular weight is 304 g/mol. The van der Waals surface area contributed by atoms with Crippen molar-refractivity contribution in [3.8, 4) is 5.75 Å². The highest BCUT2D eigenvalue weighted by atomic mass is 32.1. The van der Waals surface area contributed by atoms with Gasteiger partial charge in [-0.3, -0.25) is 10.1 Å². The molecule has 5 heteroatoms. The van der Waals surface area contributed by atoms with E-state index in [9.17, 15) is 4.79 Å². The molecule has 0 aliphatic heterocycles. The molecule has 1 amide bonds. The van der Waals surface area contributed by atoms with E-state index in [0.29, 0.717) is 11.7 Å². The number of thiazole rings is 1. The number of nitrogens with one attached hydrogen (secondary N) is 1. The van der Waals surface area contributed by atoms with Gasteiger partial charge in [-0.2, -0.15) is 0 Å². The molecule has 0 spiro atoms. The maximum atomic E-state index is 11.8. The van der Waals surface area contributed by atoms with Crippen LogP contribution in [-0.2, 0) is 4.79 Å². The molecule has 1 aromatic carbocycles. The Morgan fingerprint density at radius 2 is 2.19 bits per heavy atom. The Labute approximate surface area is 128 Å². The van der Waals surface area contributed by atoms with E-state index >= 15 is 0 Å². The monoisotopic (exact) mass is 304 g/mol. The minimum Gasteiger partial charge on any atom is -0.494 e. The minimum atomic E-state index is -0.158. The van der Waals surface area contributed by atoms with Crippen LogP contribution in [0.3, 0.4) is 0 Å². The summed E-state index contributed by atoms with van der Waals surface area (Å²) in [4.78, 5) is 16.2. The van der Waals surface area contributed by atoms with Crippen LogP contribution in [0, 0.1) is 5.41 Å². The number of benzene rings is 1. The zero-order chi connectivity index (χ0) is 15.5. The molecule has 0 saturated heterocycles. The summed E-state index contributed by atoms with van der Waals surface area (Å²) in [6, 6.07) is 5.73. The lowest BCUT2D eigenvalue weighted by Crippen LogP contribution is -2.09. The standard InChI is InChI=1S/C16H20N2O2S/c1-5-20-11-6-7-12-13(10-11)21-15(17-12)18-14(19)8-9-16(2,3)4/h6-10H,5H2,1-4H3,(H,17,18,19). The molecule has 0 saturated carbocycles. The van der Waals surface area contributed by atoms with Gasteiger partial charge in [0.05, 0.1) is 16.8 Å². The molecule has 0 fully saturated rings. The molecule has 2 rings (SSSR count). The molecule has 1 N–H and O–H groups in total. The molecule has 21 heavy (non-hydrogen) atoms. The van der Waals surface area contributed by atoms with E-state index in [4.69, 9.17) is 4.74 Å². The normalized spacial score (nSPS) is 12.0. The molecular weight excluding hydrogens is 284 g/mol. The van der Waals surface area contributed by atoms with Gasteiger partial charge in [-0.1, -0.05) is 38.2 Å². The number of hydrogen-bond donors (Lipinski definition) is 1. The SMILES string of the molecule is CCOc1ccc2nc(NC(=O)C=CC(C)(C)C)sc2c1. The van der Waals surface area contributed by atoms with Crippen molar-refractivity contribution in [2.24, 2.45) is 5.41 Å². The second-order valence-electron chi connectivity index (χ2n) is 5.77. The van der Waals surface area contributed by atoms with Crippen molar-refractivity contribution in [1.82, 2.24) is 4.98 Å². The lowest BCUT2D eigenvalue weighted by Gasteiger charge is -2.10. The summed E-state index contributed by atoms with van der Waals surface area (Å²) in [5.41, 5.74) is 0.843. The number of fused-ring (bicyclic) bond motifs is 1. The third kappa shape index (κ3) is 4.56. The van der Waals surface area contributed by atoms with Gasteiger partial charge in [-0.25, -0.2) is 4.98 Å². The fraction of sp³-hybridized carbons (Fsp3) is 0.375. The number of amides is 1. The van der Waals surface area contributed by atoms with E-state index in [-0.39, 0.29) is 11.3 Å². The Balaban J connectivity index is 2.12. The molecule has 1 heterocycles. The first-order chi connectivity index (χ1) is 9.87. The number of nitrogens with zero attached hydrogens (tertiary/aromatic N) is 1. The van der Waals surface area contributed by atoms with E-state index < -0.39 is 0 Å². The van der Waals surface area contributed by atoms with Crippen LogP contribution in [0.4, 0.5) is 5.13 Å². The Bertz CT molecular complexity index is 668. The molecule has 2 aromatic rings. The van der Waals surface area contributed by atoms with Crippen molar-refractivity contribution >= 4 is 32.6 Å². The summed E-state index contributed by atoms with van der Waals surface area (Å²) in [7, 11) is 0. The topological polar surface area (TPSA) is 51.2 Å². The number of hydrogen-bond acceptors (Lipinski definition) is 4. The van der Waals surface area contributed by atoms with Crippen LogP contribution in [0.1, 0.15) is 27.7 Å². The zero-order valence-corrected chi connectivity index (χ0v) is 13.6. The highest BCUT2D eigenvalue weighted by molar-refractivity contribution is 7.22. The predicted octanol–water partition coefficient (Wildman–Crippen LogP) is 4.24. The lowest BCUT2D eigenvalue weighted by atomic mass is 9.96. The van der Waals surface area contributed by atoms with Gasteiger partial charge in [-0.05, 0) is 36.6 Å². The van der Waals surface area contributed by atoms with Gasteiger partial charge in [0, 0.05) is 0 Å². The molecule has 0 atom stereocenters. The van der Waals surface area contributed by atoms with Gasteiger partial charge in [0.15, 0.2) is 5.13 Å². The molecule has 112 valence electrons. The summed E-state index contributed by atoms with van der Waals surface area (Å²) in [6.45, 7) is 8.72. The first-order valence-corrected chi connectivity index (χ1v) is 7.72. The Morgan fingerprint density at radius 3 is 2.86 bits per heavy atom. The van der Waals surface area contributed by atoms with Crippen LogP contribution in [0.25, 0.3) is 10.2 Å². The van der Waals surface area contributed by atoms with Crippen molar-refractivity contribution in [3.05, 3.63) is 30.4 Å². The summed E-state index contributed by atoms with van der Waals surface area (Å²) in [5.74, 6) is 0.660. The summed E-state index contributed by atoms with van der Waals surface area (Å²) in [5, 5.41) is 3.40. The predicted molar refractivity (Wildman–Crippen MR) is 88.0 cm³/mol. The number of carbonyl (C=O) groups excluding carboxylic acids is 1. The summed E-state index contributed by atoms with van der Waals surface area (Å²) in [6.07, 6.45) is 3.43. The Hall–Kier alpha value is -1.88. The minimum absolute atomic E-state index is 0.0165. The summed E-state index contributed by atoms with van der Waals surface area (Å²) >= 11 is 1.44. The Morgan fingerprint density at radius 1 is 1.43 bits per heavy atom. The van der Waals surface area contributed by atoms with Crippen LogP contribution < -0.4 is 10.1 Å². The van der Waals surface area contributed by atoms with E-state index in [1.165, 1.54) is 11.3 Å². The number of allylic oxidation sites excluding steroid dienone is 1. The number of aromatic nitrogens is 1. The second kappa shape index (κ2) is 6.26. The average Bonchev–Trinajstić information content (AvgIpc) is 2.77. The second-order valence-corrected chi connectivity index (χ2v) is 6.80. The maximum absolute atomic E-state index is 11.8. The van der Waals surface area contributed by atoms with Gasteiger partial charge in [-0.15, -0.1) is 0 Å². The molecule has 0 aliphatic rings. The largest absolute Gasteiger partial charge is 0.494 e. The zero-order valence-electron chi connectivity index (χ0n) is 12.8. The molecule has 0 radical (unpaired) electrons. The van der Waals surface area contributed by atoms with Crippen molar-refractivity contribution in [2.45, 2.75) is 27.7 Å². The van der Waals surface area contributed by atoms with E-state index in [2.05, 4.69) is 10.3 Å². The number of anilines is 1. The molecular formula is C16H20N2O2S. The van der Waals surface area contributed by atoms with E-state index in [1.807, 2.05) is 52.0 Å². The maximum Gasteiger partial charge on any atom is 0.249 e. The molecule has 4 nitrogen and oxygen atoms in total. The number of ether oxygens (including phenoxy) is 1. The van der Waals surface area contributed by atoms with Gasteiger partial charge >= 0.3 is 0 Å². The van der Waals surface area contributed by atoms with Crippen molar-refractivity contribution < 1.29 is 9.53 Å². The fourth-order valence-corrected chi connectivity index (χ4v) is 2.58. The third-order valence-electron chi connectivity index (χ3n) is 2.64. The number of rotatable bonds is 4. The quantitative estimate of drug-likeness (QED) is 0.860. The number of carbonyl (C=O) groups is 1. The van der Waals surface area contributed by atoms with E-state index in [0.717, 1.165) is 16.0 Å². The van der Waals surface area contributed by atoms with Crippen molar-refractivity contribution in [2.75, 3.05) is 11.9 Å². The smallest absolute Gasteiger partial charge is 0.249 e. The van der Waals surface area contributed by atoms with Crippen molar-refractivity contribution in [3.63, 3.8) is 0 Å². The Kier molecular flexibility index (Phi) is 4.63. The van der Waals surface area contributed by atoms with Crippen LogP contribution in [0.5, 0.6) is 5.75 Å². The fourth-order valence-electron chi connectivity index (χ4n) is 1.69. The van der Waals surface area contributed by atoms with Crippen LogP contribution in [0.15, 0.2) is 30.4 Å². The molecule has 0 bridgehead atoms. The van der Waals surface area contributed by atoms with Crippen LogP contribution >= 0.6 is 11.3 Å². The summed E-state index contributed by atoms with van der Waals surface area (Å²) < 4.78 is 6.46. The lowest BCUT2D eigenvalue weighted by molar-refractivity contribution is -0.112. The molecule has 1 aromatic heterocycles. The van der Waals surface area contributed by atoms with Gasteiger partial charge < -0.3 is 4.74 Å². The first kappa shape index (κ1) is 15.5. The highest BCUT2D eigenvalue weighted by Crippen LogP contribution is 2.29. The van der Waals surface area contributed by atoms with Gasteiger partial charge in [0.2, 0.25) is 5.91 Å². The molecule has 0 unspecified atom stereocenters. The van der Waals surface area contributed by atoms with E-state index in [1.54, 1.807) is 6.08 Å². The highest BCUT2D eigenvalue weighted by Gasteiger charge is 2.09. The van der Waals surface area contributed by atoms with Gasteiger partial charge in [0.1, 0.15) is 5.75 Å². The third-order valence-corrected chi connectivity index (χ3v) is 3.57. The van der Waals surface area contributed by atoms with Crippen LogP contribution in [0.2, 0.25) is 0 Å². The first-order valence-electron chi connectivity index (χ1n) is 6.91.